The number of aryl methyl sites for hydroxylation is 2. The van der Waals surface area contributed by atoms with Gasteiger partial charge in [-0.3, -0.25) is 0 Å². The molecule has 0 saturated heterocycles. The first kappa shape index (κ1) is 14.0. The van der Waals surface area contributed by atoms with Crippen molar-refractivity contribution >= 4 is 11.3 Å². The number of para-hydroxylation sites is 1. The van der Waals surface area contributed by atoms with Gasteiger partial charge >= 0.3 is 0 Å². The number of thiazole rings is 1. The van der Waals surface area contributed by atoms with Crippen LogP contribution in [0.3, 0.4) is 0 Å². The standard InChI is InChI=1S/C15H20N2OS/c1-10-5-4-6-13(7-11(2)16)15(10)18-9-14-8-17-12(3)19-14/h4-6,8,11H,7,9,16H2,1-3H3. The summed E-state index contributed by atoms with van der Waals surface area (Å²) >= 11 is 1.67. The molecule has 1 aromatic carbocycles. The molecule has 0 radical (unpaired) electrons. The SMILES string of the molecule is Cc1ncc(COc2c(C)cccc2CC(C)N)s1. The third-order valence-electron chi connectivity index (χ3n) is 2.86. The number of aromatic nitrogens is 1. The van der Waals surface area contributed by atoms with Gasteiger partial charge in [0, 0.05) is 12.2 Å². The largest absolute Gasteiger partial charge is 0.487 e. The van der Waals surface area contributed by atoms with Crippen LogP contribution < -0.4 is 10.5 Å². The Balaban J connectivity index is 2.14. The van der Waals surface area contributed by atoms with Crippen molar-refractivity contribution in [1.29, 1.82) is 0 Å². The van der Waals surface area contributed by atoms with Gasteiger partial charge in [0.05, 0.1) is 9.88 Å². The van der Waals surface area contributed by atoms with E-state index in [-0.39, 0.29) is 6.04 Å². The minimum absolute atomic E-state index is 0.134. The van der Waals surface area contributed by atoms with E-state index < -0.39 is 0 Å². The second kappa shape index (κ2) is 6.17. The minimum atomic E-state index is 0.134. The van der Waals surface area contributed by atoms with E-state index in [0.29, 0.717) is 6.61 Å². The maximum absolute atomic E-state index is 5.98. The van der Waals surface area contributed by atoms with E-state index in [1.807, 2.05) is 20.0 Å². The van der Waals surface area contributed by atoms with Gasteiger partial charge in [0.1, 0.15) is 12.4 Å². The molecule has 4 heteroatoms. The van der Waals surface area contributed by atoms with Crippen LogP contribution in [0.1, 0.15) is 27.9 Å². The smallest absolute Gasteiger partial charge is 0.126 e. The van der Waals surface area contributed by atoms with Crippen molar-refractivity contribution in [3.8, 4) is 5.75 Å². The summed E-state index contributed by atoms with van der Waals surface area (Å²) in [5.41, 5.74) is 8.22. The molecule has 0 aliphatic carbocycles. The molecule has 0 aliphatic heterocycles. The molecule has 19 heavy (non-hydrogen) atoms. The van der Waals surface area contributed by atoms with Gasteiger partial charge in [-0.25, -0.2) is 4.98 Å². The average Bonchev–Trinajstić information content (AvgIpc) is 2.73. The Hall–Kier alpha value is -1.39. The Morgan fingerprint density at radius 1 is 1.37 bits per heavy atom. The molecule has 1 atom stereocenters. The van der Waals surface area contributed by atoms with E-state index in [1.165, 1.54) is 5.56 Å². The Labute approximate surface area is 118 Å². The molecule has 0 aliphatic rings. The molecule has 2 rings (SSSR count). The second-order valence-corrected chi connectivity index (χ2v) is 6.20. The van der Waals surface area contributed by atoms with Gasteiger partial charge in [0.2, 0.25) is 0 Å². The quantitative estimate of drug-likeness (QED) is 0.912. The van der Waals surface area contributed by atoms with E-state index in [2.05, 4.69) is 30.1 Å². The van der Waals surface area contributed by atoms with Crippen molar-refractivity contribution in [3.63, 3.8) is 0 Å². The fourth-order valence-electron chi connectivity index (χ4n) is 2.04. The molecule has 0 spiro atoms. The Morgan fingerprint density at radius 2 is 2.16 bits per heavy atom. The first-order valence-electron chi connectivity index (χ1n) is 6.44. The van der Waals surface area contributed by atoms with Crippen LogP contribution in [-0.2, 0) is 13.0 Å². The summed E-state index contributed by atoms with van der Waals surface area (Å²) in [6.45, 7) is 6.66. The second-order valence-electron chi connectivity index (χ2n) is 4.88. The van der Waals surface area contributed by atoms with E-state index >= 15 is 0 Å². The predicted octanol–water partition coefficient (Wildman–Crippen LogP) is 3.23. The van der Waals surface area contributed by atoms with E-state index in [9.17, 15) is 0 Å². The fraction of sp³-hybridized carbons (Fsp3) is 0.400. The Morgan fingerprint density at radius 3 is 2.79 bits per heavy atom. The number of nitrogens with two attached hydrogens (primary N) is 1. The van der Waals surface area contributed by atoms with Gasteiger partial charge in [0.15, 0.2) is 0 Å². The highest BCUT2D eigenvalue weighted by Crippen LogP contribution is 2.26. The highest BCUT2D eigenvalue weighted by Gasteiger charge is 2.09. The maximum Gasteiger partial charge on any atom is 0.126 e. The molecule has 102 valence electrons. The normalized spacial score (nSPS) is 12.4. The first-order valence-corrected chi connectivity index (χ1v) is 7.26. The lowest BCUT2D eigenvalue weighted by Crippen LogP contribution is -2.18. The Kier molecular flexibility index (Phi) is 4.56. The summed E-state index contributed by atoms with van der Waals surface area (Å²) < 4.78 is 5.98. The summed E-state index contributed by atoms with van der Waals surface area (Å²) in [5, 5.41) is 1.07. The molecule has 3 nitrogen and oxygen atoms in total. The topological polar surface area (TPSA) is 48.1 Å². The number of nitrogens with zero attached hydrogens (tertiary/aromatic N) is 1. The number of benzene rings is 1. The van der Waals surface area contributed by atoms with Crippen LogP contribution in [0.4, 0.5) is 0 Å². The van der Waals surface area contributed by atoms with Gasteiger partial charge in [-0.15, -0.1) is 11.3 Å². The van der Waals surface area contributed by atoms with E-state index in [0.717, 1.165) is 27.6 Å². The number of ether oxygens (including phenoxy) is 1. The van der Waals surface area contributed by atoms with Crippen molar-refractivity contribution in [3.05, 3.63) is 45.4 Å². The van der Waals surface area contributed by atoms with Crippen molar-refractivity contribution in [1.82, 2.24) is 4.98 Å². The summed E-state index contributed by atoms with van der Waals surface area (Å²) in [7, 11) is 0. The third kappa shape index (κ3) is 3.78. The van der Waals surface area contributed by atoms with Crippen molar-refractivity contribution in [2.45, 2.75) is 39.8 Å². The zero-order valence-corrected chi connectivity index (χ0v) is 12.5. The van der Waals surface area contributed by atoms with Crippen LogP contribution in [0.2, 0.25) is 0 Å². The molecule has 1 heterocycles. The van der Waals surface area contributed by atoms with Crippen LogP contribution in [0.5, 0.6) is 5.75 Å². The molecule has 0 saturated carbocycles. The fourth-order valence-corrected chi connectivity index (χ4v) is 2.75. The van der Waals surface area contributed by atoms with Crippen molar-refractivity contribution in [2.24, 2.45) is 5.73 Å². The number of hydrogen-bond donors (Lipinski definition) is 1. The van der Waals surface area contributed by atoms with Gasteiger partial charge in [-0.1, -0.05) is 18.2 Å². The average molecular weight is 276 g/mol. The van der Waals surface area contributed by atoms with E-state index in [4.69, 9.17) is 10.5 Å². The Bertz CT molecular complexity index is 549. The number of hydrogen-bond acceptors (Lipinski definition) is 4. The maximum atomic E-state index is 5.98. The summed E-state index contributed by atoms with van der Waals surface area (Å²) in [6.07, 6.45) is 2.71. The zero-order valence-electron chi connectivity index (χ0n) is 11.6. The molecule has 0 bridgehead atoms. The van der Waals surface area contributed by atoms with Crippen molar-refractivity contribution < 1.29 is 4.74 Å². The summed E-state index contributed by atoms with van der Waals surface area (Å²) in [4.78, 5) is 5.39. The number of rotatable bonds is 5. The van der Waals surface area contributed by atoms with Crippen LogP contribution >= 0.6 is 11.3 Å². The van der Waals surface area contributed by atoms with Crippen LogP contribution in [0, 0.1) is 13.8 Å². The molecule has 0 amide bonds. The van der Waals surface area contributed by atoms with Crippen LogP contribution in [0.25, 0.3) is 0 Å². The van der Waals surface area contributed by atoms with Gasteiger partial charge in [-0.2, -0.15) is 0 Å². The summed E-state index contributed by atoms with van der Waals surface area (Å²) in [5.74, 6) is 0.964. The van der Waals surface area contributed by atoms with Gasteiger partial charge in [-0.05, 0) is 38.3 Å². The summed E-state index contributed by atoms with van der Waals surface area (Å²) in [6, 6.07) is 6.34. The lowest BCUT2D eigenvalue weighted by atomic mass is 10.0. The molecular weight excluding hydrogens is 256 g/mol. The molecule has 0 fully saturated rings. The monoisotopic (exact) mass is 276 g/mol. The molecule has 1 unspecified atom stereocenters. The van der Waals surface area contributed by atoms with Gasteiger partial charge in [0.25, 0.3) is 0 Å². The van der Waals surface area contributed by atoms with Crippen molar-refractivity contribution in [2.75, 3.05) is 0 Å². The minimum Gasteiger partial charge on any atom is -0.487 e. The van der Waals surface area contributed by atoms with Crippen LogP contribution in [0.15, 0.2) is 24.4 Å². The first-order chi connectivity index (χ1) is 9.06. The molecule has 2 aromatic rings. The lowest BCUT2D eigenvalue weighted by Gasteiger charge is -2.15. The predicted molar refractivity (Wildman–Crippen MR) is 79.7 cm³/mol. The van der Waals surface area contributed by atoms with Gasteiger partial charge < -0.3 is 10.5 Å². The lowest BCUT2D eigenvalue weighted by molar-refractivity contribution is 0.303. The third-order valence-corrected chi connectivity index (χ3v) is 3.75. The zero-order chi connectivity index (χ0) is 13.8. The molecule has 1 aromatic heterocycles. The molecular formula is C15H20N2OS. The highest BCUT2D eigenvalue weighted by atomic mass is 32.1. The van der Waals surface area contributed by atoms with Crippen LogP contribution in [-0.4, -0.2) is 11.0 Å². The van der Waals surface area contributed by atoms with E-state index in [1.54, 1.807) is 11.3 Å². The molecule has 2 N–H and O–H groups in total. The highest BCUT2D eigenvalue weighted by molar-refractivity contribution is 7.11.